The molecule has 1 atom stereocenters. The van der Waals surface area contributed by atoms with E-state index < -0.39 is 0 Å². The molecule has 0 rings (SSSR count). The van der Waals surface area contributed by atoms with Crippen LogP contribution >= 0.6 is 0 Å². The van der Waals surface area contributed by atoms with Gasteiger partial charge >= 0.3 is 29.6 Å². The largest absolute Gasteiger partial charge is 1.00 e. The van der Waals surface area contributed by atoms with Crippen molar-refractivity contribution in [2.45, 2.75) is 46.6 Å². The van der Waals surface area contributed by atoms with E-state index in [4.69, 9.17) is 0 Å². The molecule has 0 aromatic carbocycles. The predicted octanol–water partition coefficient (Wildman–Crippen LogP) is -1.43. The molecule has 0 aliphatic heterocycles. The Morgan fingerprint density at radius 1 is 1.30 bits per heavy atom. The van der Waals surface area contributed by atoms with E-state index in [2.05, 4.69) is 6.92 Å². The van der Waals surface area contributed by atoms with E-state index >= 15 is 0 Å². The van der Waals surface area contributed by atoms with Crippen LogP contribution in [0, 0.1) is 5.41 Å². The second-order valence-corrected chi connectivity index (χ2v) is 3.64. The average Bonchev–Trinajstić information content (AvgIpc) is 1.64. The molecule has 0 fully saturated rings. The minimum Gasteiger partial charge on any atom is -0.852 e. The summed E-state index contributed by atoms with van der Waals surface area (Å²) in [5.41, 5.74) is -0.0456. The topological polar surface area (TPSA) is 23.1 Å². The summed E-state index contributed by atoms with van der Waals surface area (Å²) < 4.78 is 0. The summed E-state index contributed by atoms with van der Waals surface area (Å²) >= 11 is 0. The number of hydrogen-bond donors (Lipinski definition) is 0. The first-order valence-corrected chi connectivity index (χ1v) is 3.64. The maximum absolute atomic E-state index is 11.1. The van der Waals surface area contributed by atoms with E-state index in [9.17, 15) is 5.11 Å². The summed E-state index contributed by atoms with van der Waals surface area (Å²) in [6.45, 7) is 8.05. The van der Waals surface area contributed by atoms with E-state index in [0.717, 1.165) is 12.8 Å². The van der Waals surface area contributed by atoms with E-state index in [1.807, 2.05) is 20.8 Å². The van der Waals surface area contributed by atoms with Gasteiger partial charge in [0, 0.05) is 0 Å². The quantitative estimate of drug-likeness (QED) is 0.445. The second kappa shape index (κ2) is 5.59. The van der Waals surface area contributed by atoms with Crippen molar-refractivity contribution < 1.29 is 34.7 Å². The average molecular weight is 152 g/mol. The van der Waals surface area contributed by atoms with Gasteiger partial charge in [0.1, 0.15) is 0 Å². The van der Waals surface area contributed by atoms with Crippen molar-refractivity contribution in [1.29, 1.82) is 0 Å². The van der Waals surface area contributed by atoms with Crippen LogP contribution in [0.25, 0.3) is 0 Å². The van der Waals surface area contributed by atoms with E-state index in [1.54, 1.807) is 0 Å². The molecule has 0 heterocycles. The summed E-state index contributed by atoms with van der Waals surface area (Å²) in [7, 11) is 0. The molecule has 0 aromatic heterocycles. The first-order valence-electron chi connectivity index (χ1n) is 3.64. The van der Waals surface area contributed by atoms with Crippen LogP contribution < -0.4 is 34.7 Å². The normalized spacial score (nSPS) is 14.1. The van der Waals surface area contributed by atoms with Crippen LogP contribution in [-0.2, 0) is 0 Å². The first kappa shape index (κ1) is 13.5. The van der Waals surface area contributed by atoms with Crippen LogP contribution in [0.2, 0.25) is 0 Å². The fourth-order valence-electron chi connectivity index (χ4n) is 0.695. The Bertz CT molecular complexity index is 75.8. The molecule has 0 radical (unpaired) electrons. The van der Waals surface area contributed by atoms with Crippen molar-refractivity contribution in [3.05, 3.63) is 0 Å². The minimum atomic E-state index is -0.387. The summed E-state index contributed by atoms with van der Waals surface area (Å²) in [6.07, 6.45) is 1.43. The van der Waals surface area contributed by atoms with Gasteiger partial charge in [0.25, 0.3) is 0 Å². The fraction of sp³-hybridized carbons (Fsp3) is 1.00. The molecule has 56 valence electrons. The number of hydrogen-bond acceptors (Lipinski definition) is 1. The molecule has 1 nitrogen and oxygen atoms in total. The molecule has 0 N–H and O–H groups in total. The minimum absolute atomic E-state index is 0. The van der Waals surface area contributed by atoms with E-state index in [-0.39, 0.29) is 41.1 Å². The van der Waals surface area contributed by atoms with Crippen molar-refractivity contribution in [2.24, 2.45) is 5.41 Å². The zero-order valence-corrected chi connectivity index (χ0v) is 9.90. The predicted molar refractivity (Wildman–Crippen MR) is 38.2 cm³/mol. The molecule has 10 heavy (non-hydrogen) atoms. The van der Waals surface area contributed by atoms with Crippen LogP contribution in [0.5, 0.6) is 0 Å². The van der Waals surface area contributed by atoms with Gasteiger partial charge in [-0.25, -0.2) is 0 Å². The molecule has 0 amide bonds. The smallest absolute Gasteiger partial charge is 0.852 e. The van der Waals surface area contributed by atoms with Gasteiger partial charge in [-0.15, -0.1) is 6.10 Å². The summed E-state index contributed by atoms with van der Waals surface area (Å²) in [6, 6.07) is 0. The zero-order chi connectivity index (χ0) is 7.49. The Balaban J connectivity index is 0. The Labute approximate surface area is 86.5 Å². The molecule has 0 saturated carbocycles. The molecule has 0 spiro atoms. The molecular weight excluding hydrogens is 135 g/mol. The van der Waals surface area contributed by atoms with Gasteiger partial charge < -0.3 is 5.11 Å². The molecular formula is C8H17NaO. The second-order valence-electron chi connectivity index (χ2n) is 3.64. The standard InChI is InChI=1S/C8H17O.Na/c1-5-6-7(9)8(2,3)4;/h7H,5-6H2,1-4H3;/q-1;+1. The Morgan fingerprint density at radius 3 is 1.80 bits per heavy atom. The fourth-order valence-corrected chi connectivity index (χ4v) is 0.695. The summed E-state index contributed by atoms with van der Waals surface area (Å²) in [5, 5.41) is 11.1. The molecule has 0 aromatic rings. The van der Waals surface area contributed by atoms with Crippen LogP contribution in [0.4, 0.5) is 0 Å². The van der Waals surface area contributed by atoms with E-state index in [1.165, 1.54) is 0 Å². The zero-order valence-electron chi connectivity index (χ0n) is 7.90. The van der Waals surface area contributed by atoms with Crippen LogP contribution in [-0.4, -0.2) is 6.10 Å². The van der Waals surface area contributed by atoms with Crippen molar-refractivity contribution in [2.75, 3.05) is 0 Å². The molecule has 2 heteroatoms. The Kier molecular flexibility index (Phi) is 7.57. The first-order chi connectivity index (χ1) is 3.98. The maximum atomic E-state index is 11.1. The monoisotopic (exact) mass is 152 g/mol. The van der Waals surface area contributed by atoms with Crippen molar-refractivity contribution in [1.82, 2.24) is 0 Å². The van der Waals surface area contributed by atoms with Crippen LogP contribution in [0.1, 0.15) is 40.5 Å². The summed E-state index contributed by atoms with van der Waals surface area (Å²) in [5.74, 6) is 0. The van der Waals surface area contributed by atoms with Gasteiger partial charge in [-0.3, -0.25) is 0 Å². The van der Waals surface area contributed by atoms with Gasteiger partial charge in [0.15, 0.2) is 0 Å². The van der Waals surface area contributed by atoms with Gasteiger partial charge in [0.2, 0.25) is 0 Å². The van der Waals surface area contributed by atoms with Crippen molar-refractivity contribution in [3.8, 4) is 0 Å². The maximum Gasteiger partial charge on any atom is 1.00 e. The molecule has 0 bridgehead atoms. The van der Waals surface area contributed by atoms with Crippen LogP contribution in [0.3, 0.4) is 0 Å². The number of rotatable bonds is 2. The molecule has 0 saturated heterocycles. The Morgan fingerprint density at radius 2 is 1.70 bits per heavy atom. The Hall–Kier alpha value is 0.960. The van der Waals surface area contributed by atoms with Gasteiger partial charge in [-0.05, 0) is 0 Å². The third-order valence-corrected chi connectivity index (χ3v) is 1.52. The molecule has 0 aliphatic rings. The summed E-state index contributed by atoms with van der Waals surface area (Å²) in [4.78, 5) is 0. The van der Waals surface area contributed by atoms with Gasteiger partial charge in [-0.1, -0.05) is 46.0 Å². The third kappa shape index (κ3) is 5.72. The van der Waals surface area contributed by atoms with E-state index in [0.29, 0.717) is 0 Å². The van der Waals surface area contributed by atoms with Gasteiger partial charge in [0.05, 0.1) is 0 Å². The van der Waals surface area contributed by atoms with Crippen molar-refractivity contribution >= 4 is 0 Å². The van der Waals surface area contributed by atoms with Gasteiger partial charge in [-0.2, -0.15) is 0 Å². The molecule has 1 unspecified atom stereocenters. The SMILES string of the molecule is CCCC([O-])C(C)(C)C.[Na+]. The third-order valence-electron chi connectivity index (χ3n) is 1.52. The molecule has 0 aliphatic carbocycles. The van der Waals surface area contributed by atoms with Crippen molar-refractivity contribution in [3.63, 3.8) is 0 Å². The van der Waals surface area contributed by atoms with Crippen LogP contribution in [0.15, 0.2) is 0 Å².